The van der Waals surface area contributed by atoms with Crippen molar-refractivity contribution in [3.8, 4) is 6.07 Å². The van der Waals surface area contributed by atoms with Crippen LogP contribution in [0.2, 0.25) is 0 Å². The molecule has 2 bridgehead atoms. The summed E-state index contributed by atoms with van der Waals surface area (Å²) in [6.45, 7) is 5.64. The third-order valence-corrected chi connectivity index (χ3v) is 4.93. The Balaban J connectivity index is 1.80. The minimum Gasteiger partial charge on any atom is -0.444 e. The Morgan fingerprint density at radius 2 is 2.15 bits per heavy atom. The highest BCUT2D eigenvalue weighted by molar-refractivity contribution is 5.70. The van der Waals surface area contributed by atoms with Crippen molar-refractivity contribution < 1.29 is 13.9 Å². The molecule has 26 heavy (non-hydrogen) atoms. The lowest BCUT2D eigenvalue weighted by atomic mass is 9.83. The number of nitrogens with zero attached hydrogens (tertiary/aromatic N) is 2. The summed E-state index contributed by atoms with van der Waals surface area (Å²) in [4.78, 5) is 14.5. The average molecular weight is 356 g/mol. The van der Waals surface area contributed by atoms with Gasteiger partial charge in [0.05, 0.1) is 17.7 Å². The van der Waals surface area contributed by atoms with E-state index in [9.17, 15) is 14.4 Å². The van der Waals surface area contributed by atoms with Gasteiger partial charge in [-0.1, -0.05) is 17.7 Å². The van der Waals surface area contributed by atoms with E-state index in [1.807, 2.05) is 25.7 Å². The third-order valence-electron chi connectivity index (χ3n) is 4.93. The van der Waals surface area contributed by atoms with Crippen molar-refractivity contribution in [2.24, 2.45) is 0 Å². The molecule has 138 valence electrons. The molecule has 2 unspecified atom stereocenters. The monoisotopic (exact) mass is 356 g/mol. The van der Waals surface area contributed by atoms with Gasteiger partial charge in [0, 0.05) is 6.04 Å². The highest BCUT2D eigenvalue weighted by atomic mass is 19.1. The Kier molecular flexibility index (Phi) is 5.04. The fraction of sp³-hybridized carbons (Fsp3) is 0.524. The van der Waals surface area contributed by atoms with Crippen LogP contribution in [0.1, 0.15) is 57.6 Å². The molecule has 1 aromatic rings. The average Bonchev–Trinajstić information content (AvgIpc) is 2.54. The van der Waals surface area contributed by atoms with Crippen molar-refractivity contribution in [3.63, 3.8) is 0 Å². The summed E-state index contributed by atoms with van der Waals surface area (Å²) < 4.78 is 18.9. The van der Waals surface area contributed by atoms with Crippen molar-refractivity contribution in [2.75, 3.05) is 0 Å². The highest BCUT2D eigenvalue weighted by Crippen LogP contribution is 2.35. The number of ether oxygens (including phenoxy) is 1. The molecule has 2 heterocycles. The van der Waals surface area contributed by atoms with E-state index in [1.165, 1.54) is 17.7 Å². The number of amides is 1. The second kappa shape index (κ2) is 7.11. The first-order valence-electron chi connectivity index (χ1n) is 9.16. The summed E-state index contributed by atoms with van der Waals surface area (Å²) in [5.41, 5.74) is 1.92. The number of fused-ring (bicyclic) bond motifs is 2. The predicted molar refractivity (Wildman–Crippen MR) is 97.0 cm³/mol. The fourth-order valence-corrected chi connectivity index (χ4v) is 3.90. The van der Waals surface area contributed by atoms with Crippen LogP contribution in [0.4, 0.5) is 9.18 Å². The molecule has 4 nitrogen and oxygen atoms in total. The maximum Gasteiger partial charge on any atom is 0.411 e. The minimum absolute atomic E-state index is 0.0401. The maximum absolute atomic E-state index is 13.4. The zero-order valence-electron chi connectivity index (χ0n) is 15.6. The number of halogens is 1. The van der Waals surface area contributed by atoms with Crippen molar-refractivity contribution in [1.29, 1.82) is 5.26 Å². The molecule has 1 aromatic carbocycles. The molecule has 0 saturated carbocycles. The number of hydrogen-bond acceptors (Lipinski definition) is 3. The van der Waals surface area contributed by atoms with Crippen LogP contribution < -0.4 is 0 Å². The van der Waals surface area contributed by atoms with Crippen LogP contribution in [0, 0.1) is 17.1 Å². The molecule has 2 atom stereocenters. The van der Waals surface area contributed by atoms with E-state index in [4.69, 9.17) is 4.74 Å². The molecule has 2 aliphatic rings. The summed E-state index contributed by atoms with van der Waals surface area (Å²) >= 11 is 0. The number of rotatable bonds is 2. The molecule has 0 N–H and O–H groups in total. The third kappa shape index (κ3) is 4.07. The van der Waals surface area contributed by atoms with Gasteiger partial charge in [0.15, 0.2) is 0 Å². The topological polar surface area (TPSA) is 53.3 Å². The summed E-state index contributed by atoms with van der Waals surface area (Å²) in [5, 5.41) is 9.25. The van der Waals surface area contributed by atoms with Crippen LogP contribution in [-0.2, 0) is 11.2 Å². The van der Waals surface area contributed by atoms with Gasteiger partial charge >= 0.3 is 6.09 Å². The molecule has 0 aliphatic carbocycles. The molecule has 1 fully saturated rings. The molecule has 0 aromatic heterocycles. The van der Waals surface area contributed by atoms with Crippen molar-refractivity contribution in [3.05, 3.63) is 46.8 Å². The van der Waals surface area contributed by atoms with E-state index in [2.05, 4.69) is 12.1 Å². The van der Waals surface area contributed by atoms with Gasteiger partial charge in [0.2, 0.25) is 0 Å². The van der Waals surface area contributed by atoms with E-state index >= 15 is 0 Å². The molecular formula is C21H25FN2O2. The van der Waals surface area contributed by atoms with Crippen LogP contribution in [0.25, 0.3) is 0 Å². The van der Waals surface area contributed by atoms with E-state index in [0.29, 0.717) is 12.0 Å². The smallest absolute Gasteiger partial charge is 0.411 e. The molecule has 5 heteroatoms. The summed E-state index contributed by atoms with van der Waals surface area (Å²) in [6, 6.07) is 6.62. The van der Waals surface area contributed by atoms with Gasteiger partial charge in [-0.3, -0.25) is 4.90 Å². The van der Waals surface area contributed by atoms with Gasteiger partial charge in [-0.25, -0.2) is 9.18 Å². The Morgan fingerprint density at radius 1 is 1.38 bits per heavy atom. The van der Waals surface area contributed by atoms with Gasteiger partial charge in [0.25, 0.3) is 0 Å². The van der Waals surface area contributed by atoms with E-state index in [1.54, 1.807) is 6.07 Å². The molecule has 1 saturated heterocycles. The van der Waals surface area contributed by atoms with Gasteiger partial charge in [-0.05, 0) is 70.6 Å². The number of nitriles is 1. The standard InChI is InChI=1S/C21H25FN2O2/c1-21(2,3)26-20(25)24-18-5-4-6-19(24)11-14(10-18)9-15-7-8-17(22)12-16(15)13-23/h7-8,10,12,18-19H,4-6,9,11H2,1-3H3. The van der Waals surface area contributed by atoms with E-state index in [-0.39, 0.29) is 18.2 Å². The Morgan fingerprint density at radius 3 is 2.81 bits per heavy atom. The lowest BCUT2D eigenvalue weighted by molar-refractivity contribution is -0.00150. The minimum atomic E-state index is -0.509. The summed E-state index contributed by atoms with van der Waals surface area (Å²) in [7, 11) is 0. The van der Waals surface area contributed by atoms with Crippen molar-refractivity contribution in [2.45, 2.75) is 70.6 Å². The molecule has 1 amide bonds. The quantitative estimate of drug-likeness (QED) is 0.720. The highest BCUT2D eigenvalue weighted by Gasteiger charge is 2.39. The molecule has 0 radical (unpaired) electrons. The predicted octanol–water partition coefficient (Wildman–Crippen LogP) is 4.73. The number of hydrogen-bond donors (Lipinski definition) is 0. The number of carbonyl (C=O) groups excluding carboxylic acids is 1. The number of piperidine rings is 1. The van der Waals surface area contributed by atoms with Crippen LogP contribution in [0.3, 0.4) is 0 Å². The van der Waals surface area contributed by atoms with Gasteiger partial charge in [-0.2, -0.15) is 5.26 Å². The largest absolute Gasteiger partial charge is 0.444 e. The molecule has 0 spiro atoms. The van der Waals surface area contributed by atoms with Crippen LogP contribution in [0.15, 0.2) is 29.8 Å². The Bertz CT molecular complexity index is 773. The zero-order valence-corrected chi connectivity index (χ0v) is 15.6. The fourth-order valence-electron chi connectivity index (χ4n) is 3.90. The first-order valence-corrected chi connectivity index (χ1v) is 9.16. The van der Waals surface area contributed by atoms with E-state index in [0.717, 1.165) is 31.2 Å². The second-order valence-electron chi connectivity index (χ2n) is 8.16. The lowest BCUT2D eigenvalue weighted by Gasteiger charge is -2.45. The summed E-state index contributed by atoms with van der Waals surface area (Å²) in [6.07, 6.45) is 6.27. The van der Waals surface area contributed by atoms with Gasteiger partial charge in [0.1, 0.15) is 11.4 Å². The van der Waals surface area contributed by atoms with Crippen molar-refractivity contribution in [1.82, 2.24) is 4.90 Å². The second-order valence-corrected chi connectivity index (χ2v) is 8.16. The maximum atomic E-state index is 13.4. The Hall–Kier alpha value is -2.35. The molecule has 2 aliphatic heterocycles. The summed E-state index contributed by atoms with van der Waals surface area (Å²) in [5.74, 6) is -0.393. The molecular weight excluding hydrogens is 331 g/mol. The van der Waals surface area contributed by atoms with Crippen LogP contribution >= 0.6 is 0 Å². The van der Waals surface area contributed by atoms with Gasteiger partial charge in [-0.15, -0.1) is 0 Å². The Labute approximate surface area is 154 Å². The van der Waals surface area contributed by atoms with Crippen LogP contribution in [0.5, 0.6) is 0 Å². The SMILES string of the molecule is CC(C)(C)OC(=O)N1C2C=C(Cc3ccc(F)cc3C#N)CC1CCC2. The van der Waals surface area contributed by atoms with Crippen LogP contribution in [-0.4, -0.2) is 28.7 Å². The first kappa shape index (κ1) is 18.4. The zero-order chi connectivity index (χ0) is 18.9. The van der Waals surface area contributed by atoms with Gasteiger partial charge < -0.3 is 4.74 Å². The number of benzene rings is 1. The van der Waals surface area contributed by atoms with Crippen molar-refractivity contribution >= 4 is 6.09 Å². The lowest BCUT2D eigenvalue weighted by Crippen LogP contribution is -2.53. The van der Waals surface area contributed by atoms with E-state index < -0.39 is 11.4 Å². The first-order chi connectivity index (χ1) is 12.3. The molecule has 3 rings (SSSR count). The normalized spacial score (nSPS) is 22.4. The number of carbonyl (C=O) groups is 1.